The number of halogens is 1. The van der Waals surface area contributed by atoms with Crippen molar-refractivity contribution in [3.8, 4) is 0 Å². The molecule has 0 bridgehead atoms. The fraction of sp³-hybridized carbons (Fsp3) is 0.200. The second kappa shape index (κ2) is 8.65. The van der Waals surface area contributed by atoms with Gasteiger partial charge >= 0.3 is 0 Å². The van der Waals surface area contributed by atoms with Crippen molar-refractivity contribution in [2.45, 2.75) is 18.9 Å². The molecule has 0 spiro atoms. The zero-order chi connectivity index (χ0) is 18.4. The average Bonchev–Trinajstić information content (AvgIpc) is 3.14. The molecule has 1 aromatic heterocycles. The number of benzene rings is 2. The molecule has 3 rings (SSSR count). The Morgan fingerprint density at radius 1 is 1.15 bits per heavy atom. The van der Waals surface area contributed by atoms with E-state index in [9.17, 15) is 4.79 Å². The highest BCUT2D eigenvalue weighted by molar-refractivity contribution is 6.31. The average molecular weight is 370 g/mol. The molecule has 0 saturated carbocycles. The highest BCUT2D eigenvalue weighted by Gasteiger charge is 2.17. The number of aromatic nitrogens is 1. The molecule has 0 aliphatic carbocycles. The highest BCUT2D eigenvalue weighted by atomic mass is 35.5. The molecule has 0 radical (unpaired) electrons. The van der Waals surface area contributed by atoms with E-state index in [4.69, 9.17) is 21.8 Å². The molecule has 2 aromatic carbocycles. The number of nitrogens with one attached hydrogen (secondary N) is 1. The molecule has 0 aliphatic rings. The molecule has 6 heteroatoms. The van der Waals surface area contributed by atoms with Crippen LogP contribution in [0.25, 0.3) is 0 Å². The summed E-state index contributed by atoms with van der Waals surface area (Å²) < 4.78 is 5.39. The maximum Gasteiger partial charge on any atom is 0.273 e. The molecule has 0 aliphatic heterocycles. The quantitative estimate of drug-likeness (QED) is 0.667. The molecule has 0 fully saturated rings. The first kappa shape index (κ1) is 18.2. The molecule has 3 aromatic rings. The Bertz CT molecular complexity index is 864. The minimum Gasteiger partial charge on any atom is -0.446 e. The van der Waals surface area contributed by atoms with Gasteiger partial charge in [-0.25, -0.2) is 4.98 Å². The summed E-state index contributed by atoms with van der Waals surface area (Å²) in [6.45, 7) is 0.459. The summed E-state index contributed by atoms with van der Waals surface area (Å²) in [5.41, 5.74) is 8.43. The molecule has 1 heterocycles. The molecular formula is C20H20ClN3O2. The van der Waals surface area contributed by atoms with Crippen molar-refractivity contribution in [1.29, 1.82) is 0 Å². The van der Waals surface area contributed by atoms with Gasteiger partial charge in [-0.3, -0.25) is 4.79 Å². The number of nitrogens with two attached hydrogens (primary N) is 1. The van der Waals surface area contributed by atoms with Gasteiger partial charge in [-0.1, -0.05) is 60.1 Å². The predicted octanol–water partition coefficient (Wildman–Crippen LogP) is 3.54. The van der Waals surface area contributed by atoms with Crippen LogP contribution in [0.3, 0.4) is 0 Å². The van der Waals surface area contributed by atoms with E-state index in [1.165, 1.54) is 6.26 Å². The van der Waals surface area contributed by atoms with E-state index in [1.54, 1.807) is 0 Å². The second-order valence-corrected chi connectivity index (χ2v) is 6.37. The molecule has 134 valence electrons. The van der Waals surface area contributed by atoms with Crippen molar-refractivity contribution in [2.24, 2.45) is 5.73 Å². The molecule has 5 nitrogen and oxygen atoms in total. The third kappa shape index (κ3) is 4.71. The lowest BCUT2D eigenvalue weighted by Gasteiger charge is -2.07. The van der Waals surface area contributed by atoms with Crippen molar-refractivity contribution in [3.63, 3.8) is 0 Å². The van der Waals surface area contributed by atoms with Gasteiger partial charge in [0.15, 0.2) is 5.69 Å². The first-order valence-electron chi connectivity index (χ1n) is 8.40. The van der Waals surface area contributed by atoms with Gasteiger partial charge in [0.2, 0.25) is 5.89 Å². The summed E-state index contributed by atoms with van der Waals surface area (Å²) in [5.74, 6) is 0.0593. The van der Waals surface area contributed by atoms with E-state index in [1.807, 2.05) is 54.6 Å². The maximum atomic E-state index is 12.2. The summed E-state index contributed by atoms with van der Waals surface area (Å²) in [6, 6.07) is 17.0. The lowest BCUT2D eigenvalue weighted by molar-refractivity contribution is 0.0949. The van der Waals surface area contributed by atoms with E-state index >= 15 is 0 Å². The number of carbonyl (C=O) groups is 1. The summed E-state index contributed by atoms with van der Waals surface area (Å²) in [6.07, 6.45) is 2.57. The van der Waals surface area contributed by atoms with Crippen molar-refractivity contribution in [1.82, 2.24) is 10.3 Å². The molecule has 0 saturated heterocycles. The van der Waals surface area contributed by atoms with Crippen molar-refractivity contribution >= 4 is 17.5 Å². The number of hydrogen-bond donors (Lipinski definition) is 2. The first-order chi connectivity index (χ1) is 12.6. The van der Waals surface area contributed by atoms with E-state index < -0.39 is 6.04 Å². The van der Waals surface area contributed by atoms with E-state index in [0.717, 1.165) is 11.1 Å². The Labute approximate surface area is 157 Å². The number of nitrogens with zero attached hydrogens (tertiary/aromatic N) is 1. The SMILES string of the molecule is NC(Cc1ccccc1)c1nc(C(=O)NCCc2ccccc2Cl)co1. The van der Waals surface area contributed by atoms with Gasteiger partial charge in [0, 0.05) is 11.6 Å². The Morgan fingerprint density at radius 2 is 1.88 bits per heavy atom. The van der Waals surface area contributed by atoms with Crippen molar-refractivity contribution in [3.05, 3.63) is 88.6 Å². The van der Waals surface area contributed by atoms with Crippen LogP contribution < -0.4 is 11.1 Å². The Balaban J connectivity index is 1.53. The Kier molecular flexibility index (Phi) is 6.04. The molecular weight excluding hydrogens is 350 g/mol. The van der Waals surface area contributed by atoms with Crippen LogP contribution >= 0.6 is 11.6 Å². The van der Waals surface area contributed by atoms with Crippen LogP contribution in [-0.4, -0.2) is 17.4 Å². The van der Waals surface area contributed by atoms with Crippen molar-refractivity contribution in [2.75, 3.05) is 6.54 Å². The van der Waals surface area contributed by atoms with Gasteiger partial charge in [0.05, 0.1) is 6.04 Å². The third-order valence-corrected chi connectivity index (χ3v) is 4.38. The predicted molar refractivity (Wildman–Crippen MR) is 101 cm³/mol. The molecule has 26 heavy (non-hydrogen) atoms. The van der Waals surface area contributed by atoms with Gasteiger partial charge in [-0.2, -0.15) is 0 Å². The topological polar surface area (TPSA) is 81.1 Å². The maximum absolute atomic E-state index is 12.2. The van der Waals surface area contributed by atoms with Gasteiger partial charge in [-0.05, 0) is 30.0 Å². The number of oxazole rings is 1. The summed E-state index contributed by atoms with van der Waals surface area (Å²) in [4.78, 5) is 16.4. The van der Waals surface area contributed by atoms with Gasteiger partial charge in [0.25, 0.3) is 5.91 Å². The summed E-state index contributed by atoms with van der Waals surface area (Å²) in [7, 11) is 0. The van der Waals surface area contributed by atoms with E-state index in [-0.39, 0.29) is 11.6 Å². The first-order valence-corrected chi connectivity index (χ1v) is 8.78. The van der Waals surface area contributed by atoms with Crippen LogP contribution in [0.5, 0.6) is 0 Å². The smallest absolute Gasteiger partial charge is 0.273 e. The summed E-state index contributed by atoms with van der Waals surface area (Å²) >= 11 is 6.11. The van der Waals surface area contributed by atoms with Crippen LogP contribution in [0.4, 0.5) is 0 Å². The zero-order valence-electron chi connectivity index (χ0n) is 14.2. The monoisotopic (exact) mass is 369 g/mol. The molecule has 3 N–H and O–H groups in total. The molecule has 1 amide bonds. The lowest BCUT2D eigenvalue weighted by Crippen LogP contribution is -2.26. The van der Waals surface area contributed by atoms with Crippen LogP contribution in [-0.2, 0) is 12.8 Å². The fourth-order valence-corrected chi connectivity index (χ4v) is 2.85. The van der Waals surface area contributed by atoms with Crippen LogP contribution in [0, 0.1) is 0 Å². The minimum atomic E-state index is -0.401. The normalized spacial score (nSPS) is 11.9. The van der Waals surface area contributed by atoms with E-state index in [0.29, 0.717) is 30.3 Å². The number of amides is 1. The minimum absolute atomic E-state index is 0.225. The number of rotatable bonds is 7. The largest absolute Gasteiger partial charge is 0.446 e. The number of carbonyl (C=O) groups excluding carboxylic acids is 1. The third-order valence-electron chi connectivity index (χ3n) is 4.01. The molecule has 1 unspecified atom stereocenters. The van der Waals surface area contributed by atoms with Gasteiger partial charge in [-0.15, -0.1) is 0 Å². The Morgan fingerprint density at radius 3 is 2.65 bits per heavy atom. The fourth-order valence-electron chi connectivity index (χ4n) is 2.62. The zero-order valence-corrected chi connectivity index (χ0v) is 14.9. The molecule has 1 atom stereocenters. The van der Waals surface area contributed by atoms with Crippen LogP contribution in [0.15, 0.2) is 65.3 Å². The second-order valence-electron chi connectivity index (χ2n) is 5.96. The van der Waals surface area contributed by atoms with Gasteiger partial charge in [0.1, 0.15) is 6.26 Å². The lowest BCUT2D eigenvalue weighted by atomic mass is 10.1. The van der Waals surface area contributed by atoms with Crippen molar-refractivity contribution < 1.29 is 9.21 Å². The number of hydrogen-bond acceptors (Lipinski definition) is 4. The Hall–Kier alpha value is -2.63. The van der Waals surface area contributed by atoms with Crippen LogP contribution in [0.1, 0.15) is 33.5 Å². The van der Waals surface area contributed by atoms with Gasteiger partial charge < -0.3 is 15.5 Å². The van der Waals surface area contributed by atoms with Crippen LogP contribution in [0.2, 0.25) is 5.02 Å². The standard InChI is InChI=1S/C20H20ClN3O2/c21-16-9-5-4-8-15(16)10-11-23-19(25)18-13-26-20(24-18)17(22)12-14-6-2-1-3-7-14/h1-9,13,17H,10-12,22H2,(H,23,25). The van der Waals surface area contributed by atoms with E-state index in [2.05, 4.69) is 10.3 Å². The summed E-state index contributed by atoms with van der Waals surface area (Å²) in [5, 5.41) is 3.51. The highest BCUT2D eigenvalue weighted by Crippen LogP contribution is 2.16.